The third kappa shape index (κ3) is 8.82. The van der Waals surface area contributed by atoms with E-state index < -0.39 is 19.8 Å². The van der Waals surface area contributed by atoms with Crippen LogP contribution in [0.3, 0.4) is 0 Å². The molecule has 6 nitrogen and oxygen atoms in total. The quantitative estimate of drug-likeness (QED) is 0.163. The maximum atomic E-state index is 12.5. The van der Waals surface area contributed by atoms with Gasteiger partial charge in [0.25, 0.3) is 0 Å². The molecule has 0 spiro atoms. The first-order valence-corrected chi connectivity index (χ1v) is 12.8. The molecule has 0 aliphatic heterocycles. The summed E-state index contributed by atoms with van der Waals surface area (Å²) in [5.41, 5.74) is -1.14. The molecule has 0 saturated carbocycles. The minimum absolute atomic E-state index is 0.182. The first kappa shape index (κ1) is 28.8. The Morgan fingerprint density at radius 2 is 1.31 bits per heavy atom. The van der Waals surface area contributed by atoms with Gasteiger partial charge in [-0.3, -0.25) is 9.59 Å². The van der Waals surface area contributed by atoms with Crippen molar-refractivity contribution in [2.75, 3.05) is 19.0 Å². The third-order valence-corrected chi connectivity index (χ3v) is 8.53. The van der Waals surface area contributed by atoms with Crippen molar-refractivity contribution in [3.05, 3.63) is 0 Å². The van der Waals surface area contributed by atoms with Crippen LogP contribution < -0.4 is 0 Å². The first-order chi connectivity index (χ1) is 13.3. The number of thioether (sulfide) groups is 1. The Labute approximate surface area is 184 Å². The van der Waals surface area contributed by atoms with Crippen molar-refractivity contribution >= 4 is 31.3 Å². The average Bonchev–Trinajstić information content (AvgIpc) is 2.56. The summed E-state index contributed by atoms with van der Waals surface area (Å²) in [6.45, 7) is 23.2. The Balaban J connectivity index is 5.16. The molecule has 0 aliphatic rings. The molecule has 0 unspecified atom stereocenters. The van der Waals surface area contributed by atoms with E-state index in [1.807, 2.05) is 0 Å². The average molecular weight is 451 g/mol. The van der Waals surface area contributed by atoms with E-state index in [9.17, 15) is 9.59 Å². The molecule has 0 radical (unpaired) electrons. The van der Waals surface area contributed by atoms with Crippen molar-refractivity contribution in [2.24, 2.45) is 5.41 Å². The van der Waals surface area contributed by atoms with Gasteiger partial charge in [-0.25, -0.2) is 9.34 Å². The number of rotatable bonds is 13. The van der Waals surface area contributed by atoms with Crippen molar-refractivity contribution < 1.29 is 18.8 Å². The molecule has 29 heavy (non-hydrogen) atoms. The summed E-state index contributed by atoms with van der Waals surface area (Å²) < 4.78 is 16.3. The fourth-order valence-corrected chi connectivity index (χ4v) is 6.32. The van der Waals surface area contributed by atoms with Crippen LogP contribution in [0, 0.1) is 5.41 Å². The van der Waals surface area contributed by atoms with Crippen LogP contribution in [0.4, 0.5) is 0 Å². The number of carbonyl (C=O) groups is 2. The largest absolute Gasteiger partial charge is 0.465 e. The lowest BCUT2D eigenvalue weighted by Crippen LogP contribution is -2.43. The number of hydrogen-bond acceptors (Lipinski definition) is 7. The van der Waals surface area contributed by atoms with Crippen LogP contribution >= 0.6 is 20.2 Å². The van der Waals surface area contributed by atoms with Gasteiger partial charge in [0.2, 0.25) is 5.12 Å². The number of nitrogens with zero attached hydrogens (tertiary/aromatic N) is 2. The van der Waals surface area contributed by atoms with Crippen LogP contribution in [-0.4, -0.2) is 63.6 Å². The lowest BCUT2D eigenvalue weighted by molar-refractivity contribution is -0.155. The molecule has 172 valence electrons. The van der Waals surface area contributed by atoms with E-state index in [1.165, 1.54) is 0 Å². The second-order valence-corrected chi connectivity index (χ2v) is 11.5. The molecule has 0 N–H and O–H groups in total. The Morgan fingerprint density at radius 1 is 0.897 bits per heavy atom. The van der Waals surface area contributed by atoms with Gasteiger partial charge >= 0.3 is 5.97 Å². The lowest BCUT2D eigenvalue weighted by atomic mass is 9.96. The topological polar surface area (TPSA) is 59.1 Å². The maximum Gasteiger partial charge on any atom is 0.319 e. The first-order valence-electron chi connectivity index (χ1n) is 10.6. The molecule has 0 amide bonds. The Hall–Kier alpha value is -0.200. The van der Waals surface area contributed by atoms with Crippen molar-refractivity contribution in [3.8, 4) is 0 Å². The van der Waals surface area contributed by atoms with Crippen molar-refractivity contribution in [2.45, 2.75) is 100 Å². The highest BCUT2D eigenvalue weighted by Gasteiger charge is 2.38. The zero-order valence-corrected chi connectivity index (χ0v) is 22.0. The van der Waals surface area contributed by atoms with Crippen molar-refractivity contribution in [1.82, 2.24) is 9.34 Å². The van der Waals surface area contributed by atoms with Crippen LogP contribution in [0.2, 0.25) is 0 Å². The minimum atomic E-state index is -1.14. The van der Waals surface area contributed by atoms with Gasteiger partial charge < -0.3 is 9.26 Å². The lowest BCUT2D eigenvalue weighted by Gasteiger charge is -2.45. The SMILES string of the molecule is CCOC(=O)C(C)(C)C(=O)SCCOP(N(C(C)C)C(C)C)N(C(C)C)C(C)C. The van der Waals surface area contributed by atoms with Gasteiger partial charge in [0.05, 0.1) is 13.2 Å². The fraction of sp³-hybridized carbons (Fsp3) is 0.905. The van der Waals surface area contributed by atoms with E-state index in [-0.39, 0.29) is 11.7 Å². The Kier molecular flexibility index (Phi) is 13.2. The predicted octanol–water partition coefficient (Wildman–Crippen LogP) is 5.32. The monoisotopic (exact) mass is 450 g/mol. The van der Waals surface area contributed by atoms with Gasteiger partial charge in [0.15, 0.2) is 8.45 Å². The highest BCUT2D eigenvalue weighted by molar-refractivity contribution is 8.13. The van der Waals surface area contributed by atoms with Crippen LogP contribution in [0.1, 0.15) is 76.2 Å². The number of hydrogen-bond donors (Lipinski definition) is 0. The van der Waals surface area contributed by atoms with Crippen molar-refractivity contribution in [1.29, 1.82) is 0 Å². The smallest absolute Gasteiger partial charge is 0.319 e. The van der Waals surface area contributed by atoms with Crippen LogP contribution in [-0.2, 0) is 18.8 Å². The van der Waals surface area contributed by atoms with E-state index in [4.69, 9.17) is 9.26 Å². The molecule has 0 aliphatic carbocycles. The minimum Gasteiger partial charge on any atom is -0.465 e. The zero-order chi connectivity index (χ0) is 22.9. The standard InChI is InChI=1S/C21H43N2O4PS/c1-12-26-19(24)21(10,11)20(25)29-14-13-27-28(22(15(2)3)16(4)5)23(17(6)7)18(8)9/h15-18H,12-14H2,1-11H3. The zero-order valence-electron chi connectivity index (χ0n) is 20.3. The predicted molar refractivity (Wildman–Crippen MR) is 125 cm³/mol. The summed E-state index contributed by atoms with van der Waals surface area (Å²) >= 11 is 1.15. The molecule has 0 atom stereocenters. The molecule has 0 aromatic rings. The molecule has 0 bridgehead atoms. The Bertz CT molecular complexity index is 477. The summed E-state index contributed by atoms with van der Waals surface area (Å²) in [4.78, 5) is 24.5. The van der Waals surface area contributed by atoms with E-state index in [2.05, 4.69) is 64.7 Å². The molecule has 0 saturated heterocycles. The number of ether oxygens (including phenoxy) is 1. The second kappa shape index (κ2) is 13.3. The maximum absolute atomic E-state index is 12.5. The van der Waals surface area contributed by atoms with E-state index in [0.717, 1.165) is 11.8 Å². The van der Waals surface area contributed by atoms with Gasteiger partial charge in [0, 0.05) is 29.9 Å². The molecule has 0 rings (SSSR count). The van der Waals surface area contributed by atoms with Crippen molar-refractivity contribution in [3.63, 3.8) is 0 Å². The molecule has 0 aromatic heterocycles. The Morgan fingerprint density at radius 3 is 1.66 bits per heavy atom. The molecule has 0 fully saturated rings. The van der Waals surface area contributed by atoms with E-state index in [0.29, 0.717) is 36.5 Å². The van der Waals surface area contributed by atoms with Gasteiger partial charge in [-0.05, 0) is 76.2 Å². The highest BCUT2D eigenvalue weighted by atomic mass is 32.2. The number of esters is 1. The van der Waals surface area contributed by atoms with E-state index >= 15 is 0 Å². The van der Waals surface area contributed by atoms with Crippen LogP contribution in [0.25, 0.3) is 0 Å². The summed E-state index contributed by atoms with van der Waals surface area (Å²) in [6, 6.07) is 1.38. The normalized spacial score (nSPS) is 13.0. The number of carbonyl (C=O) groups excluding carboxylic acids is 2. The molecular formula is C21H43N2O4PS. The third-order valence-electron chi connectivity index (χ3n) is 4.33. The summed E-state index contributed by atoms with van der Waals surface area (Å²) in [7, 11) is -0.972. The molecule has 0 aromatic carbocycles. The molecule has 0 heterocycles. The second-order valence-electron chi connectivity index (χ2n) is 8.70. The van der Waals surface area contributed by atoms with E-state index in [1.54, 1.807) is 20.8 Å². The molecule has 8 heteroatoms. The van der Waals surface area contributed by atoms with Gasteiger partial charge in [-0.15, -0.1) is 0 Å². The summed E-state index contributed by atoms with van der Waals surface area (Å²) in [6.07, 6.45) is 0. The fourth-order valence-electron chi connectivity index (χ4n) is 3.06. The van der Waals surface area contributed by atoms with Gasteiger partial charge in [-0.2, -0.15) is 0 Å². The van der Waals surface area contributed by atoms with Gasteiger partial charge in [0.1, 0.15) is 5.41 Å². The molecular weight excluding hydrogens is 407 g/mol. The highest BCUT2D eigenvalue weighted by Crippen LogP contribution is 2.50. The summed E-state index contributed by atoms with van der Waals surface area (Å²) in [5.74, 6) is 0.0337. The van der Waals surface area contributed by atoms with Gasteiger partial charge in [-0.1, -0.05) is 11.8 Å². The van der Waals surface area contributed by atoms with Crippen LogP contribution in [0.5, 0.6) is 0 Å². The van der Waals surface area contributed by atoms with Crippen LogP contribution in [0.15, 0.2) is 0 Å². The summed E-state index contributed by atoms with van der Waals surface area (Å²) in [5, 5.41) is -0.182.